The van der Waals surface area contributed by atoms with Crippen LogP contribution in [0.3, 0.4) is 0 Å². The van der Waals surface area contributed by atoms with Crippen LogP contribution >= 0.6 is 0 Å². The molecule has 2 aromatic heterocycles. The molecule has 32 heavy (non-hydrogen) atoms. The van der Waals surface area contributed by atoms with Crippen LogP contribution in [0, 0.1) is 18.2 Å². The molecule has 3 aromatic rings. The third kappa shape index (κ3) is 3.84. The second kappa shape index (κ2) is 8.31. The molecule has 1 N–H and O–H groups in total. The molecule has 0 aliphatic carbocycles. The van der Waals surface area contributed by atoms with E-state index in [0.717, 1.165) is 18.4 Å². The topological polar surface area (TPSA) is 93.4 Å². The molecule has 4 heterocycles. The summed E-state index contributed by atoms with van der Waals surface area (Å²) in [5, 5.41) is 11.4. The van der Waals surface area contributed by atoms with E-state index in [1.165, 1.54) is 6.07 Å². The van der Waals surface area contributed by atoms with Gasteiger partial charge in [0.25, 0.3) is 0 Å². The molecule has 9 heteroatoms. The Hall–Kier alpha value is -3.33. The lowest BCUT2D eigenvalue weighted by atomic mass is 9.72. The fourth-order valence-corrected chi connectivity index (χ4v) is 4.61. The molecule has 5 rings (SSSR count). The van der Waals surface area contributed by atoms with Crippen LogP contribution in [0.4, 0.5) is 14.9 Å². The monoisotopic (exact) mass is 437 g/mol. The SMILES string of the molecule is Cc1ccc(NC(=O)N2CC(c3nnc(-c4ccncc4)o3)C3(CCOCC3)C2)cc1F. The van der Waals surface area contributed by atoms with Crippen molar-refractivity contribution in [2.24, 2.45) is 5.41 Å². The molecular formula is C23H24FN5O3. The lowest BCUT2D eigenvalue weighted by Gasteiger charge is -2.36. The lowest BCUT2D eigenvalue weighted by Crippen LogP contribution is -2.38. The van der Waals surface area contributed by atoms with E-state index in [1.807, 2.05) is 12.1 Å². The summed E-state index contributed by atoms with van der Waals surface area (Å²) in [5.74, 6) is 0.505. The molecule has 1 spiro atoms. The third-order valence-electron chi connectivity index (χ3n) is 6.51. The zero-order valence-corrected chi connectivity index (χ0v) is 17.8. The molecule has 2 saturated heterocycles. The van der Waals surface area contributed by atoms with Crippen molar-refractivity contribution in [3.63, 3.8) is 0 Å². The number of benzene rings is 1. The third-order valence-corrected chi connectivity index (χ3v) is 6.51. The van der Waals surface area contributed by atoms with Gasteiger partial charge < -0.3 is 19.4 Å². The molecule has 2 aliphatic rings. The van der Waals surface area contributed by atoms with Crippen molar-refractivity contribution in [1.82, 2.24) is 20.1 Å². The van der Waals surface area contributed by atoms with Crippen LogP contribution in [-0.4, -0.2) is 52.4 Å². The fourth-order valence-electron chi connectivity index (χ4n) is 4.61. The van der Waals surface area contributed by atoms with Crippen molar-refractivity contribution in [2.45, 2.75) is 25.7 Å². The fraction of sp³-hybridized carbons (Fsp3) is 0.391. The first-order valence-corrected chi connectivity index (χ1v) is 10.7. The number of pyridine rings is 1. The number of carbonyl (C=O) groups is 1. The Balaban J connectivity index is 1.39. The minimum absolute atomic E-state index is 0.102. The number of hydrogen-bond donors (Lipinski definition) is 1. The van der Waals surface area contributed by atoms with Crippen LogP contribution in [0.15, 0.2) is 47.1 Å². The smallest absolute Gasteiger partial charge is 0.321 e. The van der Waals surface area contributed by atoms with Gasteiger partial charge in [-0.1, -0.05) is 6.07 Å². The average Bonchev–Trinajstić information content (AvgIpc) is 3.43. The van der Waals surface area contributed by atoms with Crippen LogP contribution < -0.4 is 5.32 Å². The van der Waals surface area contributed by atoms with E-state index in [2.05, 4.69) is 20.5 Å². The first-order valence-electron chi connectivity index (χ1n) is 10.7. The Kier molecular flexibility index (Phi) is 5.34. The van der Waals surface area contributed by atoms with E-state index in [9.17, 15) is 9.18 Å². The predicted octanol–water partition coefficient (Wildman–Crippen LogP) is 4.01. The van der Waals surface area contributed by atoms with Gasteiger partial charge in [-0.3, -0.25) is 4.98 Å². The van der Waals surface area contributed by atoms with Crippen LogP contribution in [0.5, 0.6) is 0 Å². The number of amides is 2. The zero-order chi connectivity index (χ0) is 22.1. The highest BCUT2D eigenvalue weighted by molar-refractivity contribution is 5.89. The second-order valence-corrected chi connectivity index (χ2v) is 8.48. The van der Waals surface area contributed by atoms with Gasteiger partial charge in [0, 0.05) is 55.4 Å². The molecule has 0 saturated carbocycles. The standard InChI is InChI=1S/C23H24FN5O3/c1-15-2-3-17(12-19(15)24)26-22(30)29-13-18(23(14-29)6-10-31-11-7-23)21-28-27-20(32-21)16-4-8-25-9-5-16/h2-5,8-9,12,18H,6-7,10-11,13-14H2,1H3,(H,26,30). The Morgan fingerprint density at radius 3 is 2.72 bits per heavy atom. The zero-order valence-electron chi connectivity index (χ0n) is 17.8. The van der Waals surface area contributed by atoms with Crippen molar-refractivity contribution in [1.29, 1.82) is 0 Å². The summed E-state index contributed by atoms with van der Waals surface area (Å²) in [6.07, 6.45) is 4.95. The predicted molar refractivity (Wildman–Crippen MR) is 114 cm³/mol. The first-order chi connectivity index (χ1) is 15.5. The number of nitrogens with zero attached hydrogens (tertiary/aromatic N) is 4. The van der Waals surface area contributed by atoms with Gasteiger partial charge in [0.2, 0.25) is 11.8 Å². The summed E-state index contributed by atoms with van der Waals surface area (Å²) in [5.41, 5.74) is 1.57. The largest absolute Gasteiger partial charge is 0.420 e. The van der Waals surface area contributed by atoms with Gasteiger partial charge in [-0.2, -0.15) is 0 Å². The molecule has 2 aliphatic heterocycles. The number of carbonyl (C=O) groups excluding carboxylic acids is 1. The van der Waals surface area contributed by atoms with Crippen molar-refractivity contribution < 1.29 is 18.3 Å². The van der Waals surface area contributed by atoms with Crippen molar-refractivity contribution in [3.8, 4) is 11.5 Å². The van der Waals surface area contributed by atoms with Gasteiger partial charge in [0.05, 0.1) is 5.92 Å². The number of aryl methyl sites for hydroxylation is 1. The Morgan fingerprint density at radius 1 is 1.19 bits per heavy atom. The average molecular weight is 437 g/mol. The number of halogens is 1. The van der Waals surface area contributed by atoms with Crippen LogP contribution in [0.25, 0.3) is 11.5 Å². The summed E-state index contributed by atoms with van der Waals surface area (Å²) in [4.78, 5) is 18.8. The normalized spacial score (nSPS) is 19.9. The van der Waals surface area contributed by atoms with E-state index in [4.69, 9.17) is 9.15 Å². The summed E-state index contributed by atoms with van der Waals surface area (Å²) in [7, 11) is 0. The van der Waals surface area contributed by atoms with Crippen LogP contribution in [0.1, 0.15) is 30.2 Å². The number of anilines is 1. The molecule has 8 nitrogen and oxygen atoms in total. The van der Waals surface area contributed by atoms with E-state index in [-0.39, 0.29) is 23.2 Å². The van der Waals surface area contributed by atoms with Crippen molar-refractivity contribution in [2.75, 3.05) is 31.6 Å². The first kappa shape index (κ1) is 20.6. The van der Waals surface area contributed by atoms with E-state index in [0.29, 0.717) is 49.3 Å². The van der Waals surface area contributed by atoms with Gasteiger partial charge in [-0.15, -0.1) is 10.2 Å². The molecule has 2 amide bonds. The van der Waals surface area contributed by atoms with Gasteiger partial charge in [-0.05, 0) is 49.6 Å². The molecule has 0 radical (unpaired) electrons. The molecule has 2 fully saturated rings. The van der Waals surface area contributed by atoms with Crippen LogP contribution in [-0.2, 0) is 4.74 Å². The highest BCUT2D eigenvalue weighted by Gasteiger charge is 2.51. The van der Waals surface area contributed by atoms with Crippen molar-refractivity contribution >= 4 is 11.7 Å². The summed E-state index contributed by atoms with van der Waals surface area (Å²) < 4.78 is 25.6. The van der Waals surface area contributed by atoms with E-state index >= 15 is 0 Å². The maximum Gasteiger partial charge on any atom is 0.321 e. The second-order valence-electron chi connectivity index (χ2n) is 8.48. The molecule has 1 unspecified atom stereocenters. The highest BCUT2D eigenvalue weighted by atomic mass is 19.1. The van der Waals surface area contributed by atoms with Gasteiger partial charge in [-0.25, -0.2) is 9.18 Å². The maximum absolute atomic E-state index is 13.9. The summed E-state index contributed by atoms with van der Waals surface area (Å²) >= 11 is 0. The molecule has 1 aromatic carbocycles. The van der Waals surface area contributed by atoms with Gasteiger partial charge in [0.1, 0.15) is 5.82 Å². The maximum atomic E-state index is 13.9. The lowest BCUT2D eigenvalue weighted by molar-refractivity contribution is 0.0104. The molecular weight excluding hydrogens is 413 g/mol. The number of ether oxygens (including phenoxy) is 1. The highest BCUT2D eigenvalue weighted by Crippen LogP contribution is 2.49. The number of aromatic nitrogens is 3. The number of hydrogen-bond acceptors (Lipinski definition) is 6. The number of likely N-dealkylation sites (tertiary alicyclic amines) is 1. The number of nitrogens with one attached hydrogen (secondary N) is 1. The molecule has 0 bridgehead atoms. The minimum atomic E-state index is -0.350. The number of urea groups is 1. The van der Waals surface area contributed by atoms with Crippen molar-refractivity contribution in [3.05, 3.63) is 60.0 Å². The molecule has 166 valence electrons. The van der Waals surface area contributed by atoms with E-state index in [1.54, 1.807) is 36.4 Å². The Morgan fingerprint density at radius 2 is 1.97 bits per heavy atom. The Bertz CT molecular complexity index is 1110. The minimum Gasteiger partial charge on any atom is -0.420 e. The van der Waals surface area contributed by atoms with Gasteiger partial charge >= 0.3 is 6.03 Å². The molecule has 1 atom stereocenters. The van der Waals surface area contributed by atoms with Gasteiger partial charge in [0.15, 0.2) is 0 Å². The number of rotatable bonds is 3. The van der Waals surface area contributed by atoms with Crippen LogP contribution in [0.2, 0.25) is 0 Å². The summed E-state index contributed by atoms with van der Waals surface area (Å²) in [6, 6.07) is 8.05. The van der Waals surface area contributed by atoms with E-state index < -0.39 is 0 Å². The summed E-state index contributed by atoms with van der Waals surface area (Å²) in [6.45, 7) is 3.93. The quantitative estimate of drug-likeness (QED) is 0.666. The Labute approximate surface area is 184 Å².